The van der Waals surface area contributed by atoms with Crippen molar-refractivity contribution in [2.24, 2.45) is 0 Å². The minimum atomic E-state index is -0.181. The third-order valence-electron chi connectivity index (χ3n) is 3.43. The van der Waals surface area contributed by atoms with Gasteiger partial charge in [-0.25, -0.2) is 4.98 Å². The predicted molar refractivity (Wildman–Crippen MR) is 89.7 cm³/mol. The van der Waals surface area contributed by atoms with Gasteiger partial charge in [-0.05, 0) is 51.0 Å². The summed E-state index contributed by atoms with van der Waals surface area (Å²) in [6.07, 6.45) is 1.64. The number of aromatic nitrogens is 3. The van der Waals surface area contributed by atoms with E-state index in [4.69, 9.17) is 0 Å². The molecule has 2 aromatic heterocycles. The van der Waals surface area contributed by atoms with Crippen molar-refractivity contribution in [2.45, 2.75) is 33.7 Å². The molecular weight excluding hydrogens is 296 g/mol. The number of nitrogens with zero attached hydrogens (tertiary/aromatic N) is 3. The van der Waals surface area contributed by atoms with Gasteiger partial charge >= 0.3 is 0 Å². The van der Waals surface area contributed by atoms with Crippen LogP contribution in [0.5, 0.6) is 0 Å². The van der Waals surface area contributed by atoms with Crippen molar-refractivity contribution in [2.75, 3.05) is 5.32 Å². The third-order valence-corrected chi connectivity index (χ3v) is 4.55. The fraction of sp³-hybridized carbons (Fsp3) is 0.312. The van der Waals surface area contributed by atoms with Crippen LogP contribution in [0, 0.1) is 13.8 Å². The van der Waals surface area contributed by atoms with Gasteiger partial charge in [-0.3, -0.25) is 14.8 Å². The Bertz CT molecular complexity index is 847. The SMILES string of the molecule is Cc1cc(C)c2sc(NC(=O)c3ccnn3C(C)C)nc2c1. The summed E-state index contributed by atoms with van der Waals surface area (Å²) in [4.78, 5) is 16.9. The van der Waals surface area contributed by atoms with Crippen LogP contribution in [0.15, 0.2) is 24.4 Å². The minimum absolute atomic E-state index is 0.135. The Morgan fingerprint density at radius 1 is 1.32 bits per heavy atom. The molecule has 6 heteroatoms. The lowest BCUT2D eigenvalue weighted by molar-refractivity contribution is 0.101. The molecule has 0 spiro atoms. The lowest BCUT2D eigenvalue weighted by Crippen LogP contribution is -2.18. The van der Waals surface area contributed by atoms with Crippen molar-refractivity contribution >= 4 is 32.6 Å². The van der Waals surface area contributed by atoms with E-state index >= 15 is 0 Å². The number of aryl methyl sites for hydroxylation is 2. The van der Waals surface area contributed by atoms with E-state index in [0.29, 0.717) is 10.8 Å². The number of thiazole rings is 1. The number of fused-ring (bicyclic) bond motifs is 1. The lowest BCUT2D eigenvalue weighted by Gasteiger charge is -2.09. The highest BCUT2D eigenvalue weighted by molar-refractivity contribution is 7.22. The highest BCUT2D eigenvalue weighted by atomic mass is 32.1. The van der Waals surface area contributed by atoms with Gasteiger partial charge in [0.15, 0.2) is 5.13 Å². The number of nitrogens with one attached hydrogen (secondary N) is 1. The molecule has 1 N–H and O–H groups in total. The molecule has 1 amide bonds. The molecule has 0 saturated carbocycles. The summed E-state index contributed by atoms with van der Waals surface area (Å²) in [7, 11) is 0. The monoisotopic (exact) mass is 314 g/mol. The predicted octanol–water partition coefficient (Wildman–Crippen LogP) is 3.94. The lowest BCUT2D eigenvalue weighted by atomic mass is 10.1. The molecule has 0 radical (unpaired) electrons. The van der Waals surface area contributed by atoms with E-state index < -0.39 is 0 Å². The van der Waals surface area contributed by atoms with E-state index in [9.17, 15) is 4.79 Å². The summed E-state index contributed by atoms with van der Waals surface area (Å²) in [5.41, 5.74) is 3.82. The van der Waals surface area contributed by atoms with Crippen molar-refractivity contribution < 1.29 is 4.79 Å². The molecule has 0 aliphatic heterocycles. The first-order valence-corrected chi connectivity index (χ1v) is 8.00. The van der Waals surface area contributed by atoms with E-state index in [1.807, 2.05) is 26.8 Å². The highest BCUT2D eigenvalue weighted by Gasteiger charge is 2.16. The summed E-state index contributed by atoms with van der Waals surface area (Å²) in [6.45, 7) is 8.10. The number of rotatable bonds is 3. The Labute approximate surface area is 133 Å². The zero-order chi connectivity index (χ0) is 15.9. The van der Waals surface area contributed by atoms with E-state index in [-0.39, 0.29) is 11.9 Å². The maximum Gasteiger partial charge on any atom is 0.275 e. The molecule has 0 fully saturated rings. The van der Waals surface area contributed by atoms with Crippen molar-refractivity contribution in [1.82, 2.24) is 14.8 Å². The molecule has 3 aromatic rings. The summed E-state index contributed by atoms with van der Waals surface area (Å²) in [6, 6.07) is 6.02. The van der Waals surface area contributed by atoms with Crippen molar-refractivity contribution in [3.63, 3.8) is 0 Å². The Hall–Kier alpha value is -2.21. The minimum Gasteiger partial charge on any atom is -0.296 e. The summed E-state index contributed by atoms with van der Waals surface area (Å²) >= 11 is 1.50. The zero-order valence-electron chi connectivity index (χ0n) is 13.0. The van der Waals surface area contributed by atoms with Gasteiger partial charge in [0.05, 0.1) is 10.2 Å². The summed E-state index contributed by atoms with van der Waals surface area (Å²) < 4.78 is 2.82. The van der Waals surface area contributed by atoms with Gasteiger partial charge in [0.25, 0.3) is 5.91 Å². The van der Waals surface area contributed by atoms with E-state index in [1.54, 1.807) is 16.9 Å². The second-order valence-electron chi connectivity index (χ2n) is 5.66. The van der Waals surface area contributed by atoms with Crippen LogP contribution in [-0.4, -0.2) is 20.7 Å². The van der Waals surface area contributed by atoms with Crippen LogP contribution >= 0.6 is 11.3 Å². The van der Waals surface area contributed by atoms with Gasteiger partial charge in [-0.1, -0.05) is 17.4 Å². The molecule has 0 bridgehead atoms. The Balaban J connectivity index is 1.91. The number of carbonyl (C=O) groups excluding carboxylic acids is 1. The molecule has 1 aromatic carbocycles. The first kappa shape index (κ1) is 14.7. The van der Waals surface area contributed by atoms with Gasteiger partial charge in [-0.15, -0.1) is 0 Å². The molecule has 2 heterocycles. The number of hydrogen-bond donors (Lipinski definition) is 1. The molecule has 0 unspecified atom stereocenters. The number of anilines is 1. The fourth-order valence-electron chi connectivity index (χ4n) is 2.50. The molecule has 114 valence electrons. The van der Waals surface area contributed by atoms with Gasteiger partial charge in [0.1, 0.15) is 5.69 Å². The molecule has 22 heavy (non-hydrogen) atoms. The Morgan fingerprint density at radius 3 is 2.82 bits per heavy atom. The molecule has 0 aliphatic carbocycles. The highest BCUT2D eigenvalue weighted by Crippen LogP contribution is 2.30. The maximum atomic E-state index is 12.4. The van der Waals surface area contributed by atoms with E-state index in [1.165, 1.54) is 22.5 Å². The fourth-order valence-corrected chi connectivity index (χ4v) is 3.41. The standard InChI is InChI=1S/C16H18N4OS/c1-9(2)20-13(5-6-17-20)15(21)19-16-18-12-8-10(3)7-11(4)14(12)22-16/h5-9H,1-4H3,(H,18,19,21). The van der Waals surface area contributed by atoms with Crippen molar-refractivity contribution in [3.05, 3.63) is 41.2 Å². The molecule has 5 nitrogen and oxygen atoms in total. The first-order valence-electron chi connectivity index (χ1n) is 7.18. The van der Waals surface area contributed by atoms with E-state index in [2.05, 4.69) is 28.4 Å². The number of benzene rings is 1. The van der Waals surface area contributed by atoms with Gasteiger partial charge in [-0.2, -0.15) is 5.10 Å². The van der Waals surface area contributed by atoms with Crippen LogP contribution in [0.3, 0.4) is 0 Å². The largest absolute Gasteiger partial charge is 0.296 e. The Morgan fingerprint density at radius 2 is 2.09 bits per heavy atom. The molecular formula is C16H18N4OS. The van der Waals surface area contributed by atoms with Gasteiger partial charge in [0.2, 0.25) is 0 Å². The molecule has 0 aliphatic rings. The summed E-state index contributed by atoms with van der Waals surface area (Å²) in [5, 5.41) is 7.68. The summed E-state index contributed by atoms with van der Waals surface area (Å²) in [5.74, 6) is -0.181. The van der Waals surface area contributed by atoms with Gasteiger partial charge < -0.3 is 0 Å². The topological polar surface area (TPSA) is 59.8 Å². The smallest absolute Gasteiger partial charge is 0.275 e. The normalized spacial score (nSPS) is 11.3. The van der Waals surface area contributed by atoms with Crippen LogP contribution in [0.1, 0.15) is 41.5 Å². The second kappa shape index (κ2) is 5.53. The van der Waals surface area contributed by atoms with Crippen LogP contribution in [0.4, 0.5) is 5.13 Å². The average Bonchev–Trinajstić information content (AvgIpc) is 3.04. The van der Waals surface area contributed by atoms with Crippen LogP contribution in [0.2, 0.25) is 0 Å². The zero-order valence-corrected chi connectivity index (χ0v) is 13.9. The Kier molecular flexibility index (Phi) is 3.70. The number of hydrogen-bond acceptors (Lipinski definition) is 4. The van der Waals surface area contributed by atoms with Crippen LogP contribution < -0.4 is 5.32 Å². The third kappa shape index (κ3) is 2.62. The molecule has 0 atom stereocenters. The van der Waals surface area contributed by atoms with Crippen LogP contribution in [0.25, 0.3) is 10.2 Å². The maximum absolute atomic E-state index is 12.4. The quantitative estimate of drug-likeness (QED) is 0.796. The van der Waals surface area contributed by atoms with Gasteiger partial charge in [0, 0.05) is 12.2 Å². The molecule has 3 rings (SSSR count). The molecule has 0 saturated heterocycles. The first-order chi connectivity index (χ1) is 10.5. The number of amides is 1. The number of carbonyl (C=O) groups is 1. The second-order valence-corrected chi connectivity index (χ2v) is 6.66. The van der Waals surface area contributed by atoms with Crippen molar-refractivity contribution in [3.8, 4) is 0 Å². The van der Waals surface area contributed by atoms with Crippen LogP contribution in [-0.2, 0) is 0 Å². The van der Waals surface area contributed by atoms with E-state index in [0.717, 1.165) is 10.2 Å². The van der Waals surface area contributed by atoms with Crippen molar-refractivity contribution in [1.29, 1.82) is 0 Å². The average molecular weight is 314 g/mol.